The van der Waals surface area contributed by atoms with Gasteiger partial charge in [-0.3, -0.25) is 9.59 Å². The van der Waals surface area contributed by atoms with Gasteiger partial charge < -0.3 is 38.4 Å². The van der Waals surface area contributed by atoms with Crippen LogP contribution in [0.15, 0.2) is 33.9 Å². The predicted molar refractivity (Wildman–Crippen MR) is 249 cm³/mol. The van der Waals surface area contributed by atoms with Crippen molar-refractivity contribution >= 4 is 43.6 Å². The van der Waals surface area contributed by atoms with Crippen LogP contribution in [0.25, 0.3) is 43.6 Å². The number of ether oxygens (including phenoxy) is 6. The van der Waals surface area contributed by atoms with Gasteiger partial charge in [0.15, 0.2) is 23.0 Å². The van der Waals surface area contributed by atoms with Crippen LogP contribution in [0, 0.1) is 154 Å². The Balaban J connectivity index is 0.000000292. The first-order valence-corrected chi connectivity index (χ1v) is 18.1. The smallest absolute Gasteiger partial charge is 0.204 e. The van der Waals surface area contributed by atoms with Crippen LogP contribution < -0.4 is 39.3 Å². The zero-order valence-electron chi connectivity index (χ0n) is 35.6. The van der Waals surface area contributed by atoms with Crippen LogP contribution in [0.3, 0.4) is 0 Å². The number of aromatic amines is 2. The highest BCUT2D eigenvalue weighted by molar-refractivity contribution is 6.06. The van der Waals surface area contributed by atoms with Gasteiger partial charge in [0, 0.05) is 70.3 Å². The number of hydrogen-bond acceptors (Lipinski definition) is 8. The summed E-state index contributed by atoms with van der Waals surface area (Å²) in [6.45, 7) is 3.39. The van der Waals surface area contributed by atoms with E-state index in [4.69, 9.17) is 28.4 Å². The van der Waals surface area contributed by atoms with E-state index < -0.39 is 0 Å². The quantitative estimate of drug-likeness (QED) is 0.185. The molecule has 0 fully saturated rings. The molecule has 2 heterocycles. The molecule has 0 amide bonds. The maximum absolute atomic E-state index is 13.7. The van der Waals surface area contributed by atoms with Gasteiger partial charge in [0.2, 0.25) is 22.4 Å². The van der Waals surface area contributed by atoms with Crippen molar-refractivity contribution in [2.24, 2.45) is 0 Å². The Hall–Kier alpha value is -10.3. The molecule has 0 aliphatic heterocycles. The lowest BCUT2D eigenvalue weighted by Gasteiger charge is -2.16. The number of rotatable bonds is 6. The van der Waals surface area contributed by atoms with Crippen molar-refractivity contribution in [2.75, 3.05) is 42.7 Å². The van der Waals surface area contributed by atoms with E-state index >= 15 is 0 Å². The molecule has 5 rings (SSSR count). The third-order valence-electron chi connectivity index (χ3n) is 7.99. The van der Waals surface area contributed by atoms with Crippen LogP contribution in [0.2, 0.25) is 0 Å². The van der Waals surface area contributed by atoms with Crippen LogP contribution >= 0.6 is 0 Å². The Morgan fingerprint density at radius 3 is 0.797 bits per heavy atom. The van der Waals surface area contributed by atoms with E-state index in [2.05, 4.69) is 164 Å². The molecule has 2 N–H and O–H groups in total. The number of hydrogen-bond donors (Lipinski definition) is 2. The van der Waals surface area contributed by atoms with Crippen LogP contribution in [0.1, 0.15) is 13.8 Å². The van der Waals surface area contributed by atoms with Gasteiger partial charge in [0.1, 0.15) is 0 Å². The minimum absolute atomic E-state index is 0.253. The number of H-pyrrole nitrogens is 2. The van der Waals surface area contributed by atoms with Gasteiger partial charge in [-0.25, -0.2) is 0 Å². The van der Waals surface area contributed by atoms with E-state index in [-0.39, 0.29) is 22.4 Å². The van der Waals surface area contributed by atoms with E-state index in [1.54, 1.807) is 38.1 Å². The molecule has 0 saturated carbocycles. The Bertz CT molecular complexity index is 3490. The highest BCUT2D eigenvalue weighted by Gasteiger charge is 2.23. The zero-order valence-corrected chi connectivity index (χ0v) is 35.6. The van der Waals surface area contributed by atoms with Crippen LogP contribution in [-0.4, -0.2) is 52.6 Å². The highest BCUT2D eigenvalue weighted by Crippen LogP contribution is 2.43. The second-order valence-corrected chi connectivity index (χ2v) is 11.5. The van der Waals surface area contributed by atoms with Gasteiger partial charge >= 0.3 is 0 Å². The largest absolute Gasteiger partial charge is 0.493 e. The van der Waals surface area contributed by atoms with E-state index in [1.807, 2.05) is 0 Å². The normalized spacial score (nSPS) is 8.06. The van der Waals surface area contributed by atoms with Gasteiger partial charge in [-0.15, -0.1) is 0 Å². The molecule has 5 aromatic rings. The minimum atomic E-state index is -0.288. The van der Waals surface area contributed by atoms with Crippen molar-refractivity contribution in [3.8, 4) is 188 Å². The Labute approximate surface area is 370 Å². The Kier molecular flexibility index (Phi) is 17.8. The highest BCUT2D eigenvalue weighted by atomic mass is 16.5. The van der Waals surface area contributed by atoms with Crippen molar-refractivity contribution < 1.29 is 28.4 Å². The summed E-state index contributed by atoms with van der Waals surface area (Å²) in [5, 5.41) is 1.34. The first kappa shape index (κ1) is 46.4. The first-order valence-electron chi connectivity index (χ1n) is 18.1. The molecular formula is C54H30N2O8. The maximum atomic E-state index is 13.7. The molecule has 0 radical (unpaired) electrons. The predicted octanol–water partition coefficient (Wildman–Crippen LogP) is 4.80. The molecule has 0 aliphatic rings. The fourth-order valence-electron chi connectivity index (χ4n) is 5.51. The molecule has 0 spiro atoms. The van der Waals surface area contributed by atoms with Crippen LogP contribution in [0.4, 0.5) is 0 Å². The third kappa shape index (κ3) is 11.7. The SMILES string of the molecule is CC#CC#CC#CC#CC#CC#CC#CC#CC#CC#CC#CC#CC#CC.COc1cc2[nH]c3cc4c(=O)c5c(OC)c(OC)c(OC)cc5[nH]c4cc3c(=O)c2c(OC)c1OC. The number of nitrogens with one attached hydrogen (secondary N) is 2. The average molecular weight is 835 g/mol. The van der Waals surface area contributed by atoms with Crippen LogP contribution in [0.5, 0.6) is 34.5 Å². The Morgan fingerprint density at radius 2 is 0.578 bits per heavy atom. The molecule has 0 atom stereocenters. The standard InChI is InChI=1S/C28H6.C26H24N2O8/c1-3-5-7-9-11-13-15-17-19-21-23-25-27-28-26-24-22-20-18-16-14-12-10-8-6-4-2;1-31-17-9-15-19(25(35-5)23(17)33-3)21(29)11-8-14-12(7-13(11)27-15)22(30)20-16(28-14)10-18(32-2)24(34-4)26(20)36-6/h1-2H3;7-10H,1-6H3,(H,27,29)(H,28,30). The van der Waals surface area contributed by atoms with Crippen molar-refractivity contribution in [3.05, 3.63) is 44.7 Å². The lowest BCUT2D eigenvalue weighted by Crippen LogP contribution is -2.11. The molecule has 0 saturated heterocycles. The molecule has 304 valence electrons. The van der Waals surface area contributed by atoms with Crippen LogP contribution in [-0.2, 0) is 0 Å². The number of fused-ring (bicyclic) bond motifs is 4. The van der Waals surface area contributed by atoms with Gasteiger partial charge in [-0.05, 0) is 121 Å². The summed E-state index contributed by atoms with van der Waals surface area (Å²) >= 11 is 0. The molecule has 10 heteroatoms. The molecule has 0 unspecified atom stereocenters. The Morgan fingerprint density at radius 1 is 0.328 bits per heavy atom. The molecule has 10 nitrogen and oxygen atoms in total. The number of methoxy groups -OCH3 is 6. The van der Waals surface area contributed by atoms with E-state index in [0.717, 1.165) is 0 Å². The number of benzene rings is 3. The number of pyridine rings is 2. The summed E-state index contributed by atoms with van der Waals surface area (Å²) in [4.78, 5) is 33.8. The van der Waals surface area contributed by atoms with E-state index in [1.165, 1.54) is 42.7 Å². The van der Waals surface area contributed by atoms with E-state index in [0.29, 0.717) is 66.6 Å². The van der Waals surface area contributed by atoms with E-state index in [9.17, 15) is 9.59 Å². The number of aromatic nitrogens is 2. The lowest BCUT2D eigenvalue weighted by molar-refractivity contribution is 0.327. The topological polar surface area (TPSA) is 121 Å². The molecule has 0 aliphatic carbocycles. The molecule has 64 heavy (non-hydrogen) atoms. The monoisotopic (exact) mass is 834 g/mol. The van der Waals surface area contributed by atoms with Gasteiger partial charge in [-0.2, -0.15) is 0 Å². The summed E-state index contributed by atoms with van der Waals surface area (Å²) < 4.78 is 32.8. The zero-order chi connectivity index (χ0) is 46.1. The van der Waals surface area contributed by atoms with Crippen molar-refractivity contribution in [3.63, 3.8) is 0 Å². The summed E-state index contributed by atoms with van der Waals surface area (Å²) in [7, 11) is 8.86. The summed E-state index contributed by atoms with van der Waals surface area (Å²) in [6, 6.07) is 6.60. The second-order valence-electron chi connectivity index (χ2n) is 11.5. The molecular weight excluding hydrogens is 805 g/mol. The molecule has 3 aromatic carbocycles. The fraction of sp³-hybridized carbons (Fsp3) is 0.148. The lowest BCUT2D eigenvalue weighted by atomic mass is 10.0. The molecule has 2 aromatic heterocycles. The van der Waals surface area contributed by atoms with Crippen molar-refractivity contribution in [1.29, 1.82) is 0 Å². The van der Waals surface area contributed by atoms with Crippen molar-refractivity contribution in [2.45, 2.75) is 13.8 Å². The summed E-state index contributed by atoms with van der Waals surface area (Å²) in [5.41, 5.74) is 1.32. The van der Waals surface area contributed by atoms with Gasteiger partial charge in [0.05, 0.1) is 75.5 Å². The first-order chi connectivity index (χ1) is 31.3. The average Bonchev–Trinajstić information content (AvgIpc) is 3.31. The maximum Gasteiger partial charge on any atom is 0.204 e. The second kappa shape index (κ2) is 24.6. The summed E-state index contributed by atoms with van der Waals surface area (Å²) in [5.74, 6) is 67.5. The summed E-state index contributed by atoms with van der Waals surface area (Å²) in [6.07, 6.45) is 0. The fourth-order valence-corrected chi connectivity index (χ4v) is 5.51. The van der Waals surface area contributed by atoms with Crippen molar-refractivity contribution in [1.82, 2.24) is 9.97 Å². The molecule has 0 bridgehead atoms. The van der Waals surface area contributed by atoms with Gasteiger partial charge in [-0.1, -0.05) is 11.8 Å². The van der Waals surface area contributed by atoms with Gasteiger partial charge in [0.25, 0.3) is 0 Å². The minimum Gasteiger partial charge on any atom is -0.493 e. The third-order valence-corrected chi connectivity index (χ3v) is 7.99.